The van der Waals surface area contributed by atoms with Gasteiger partial charge >= 0.3 is 0 Å². The van der Waals surface area contributed by atoms with Crippen molar-refractivity contribution in [1.82, 2.24) is 19.7 Å². The van der Waals surface area contributed by atoms with E-state index in [4.69, 9.17) is 0 Å². The molecule has 2 aromatic rings. The molecule has 110 valence electrons. The summed E-state index contributed by atoms with van der Waals surface area (Å²) in [6.45, 7) is 1.68. The lowest BCUT2D eigenvalue weighted by Crippen LogP contribution is -2.34. The van der Waals surface area contributed by atoms with Crippen molar-refractivity contribution in [2.45, 2.75) is 32.1 Å². The summed E-state index contributed by atoms with van der Waals surface area (Å²) >= 11 is 0. The molecular weight excluding hydrogens is 264 g/mol. The van der Waals surface area contributed by atoms with E-state index in [1.807, 2.05) is 29.3 Å². The van der Waals surface area contributed by atoms with E-state index in [1.165, 1.54) is 19.3 Å². The molecule has 0 saturated carbocycles. The van der Waals surface area contributed by atoms with Crippen molar-refractivity contribution >= 4 is 5.91 Å². The van der Waals surface area contributed by atoms with Crippen molar-refractivity contribution in [3.05, 3.63) is 42.4 Å². The molecule has 0 atom stereocenters. The smallest absolute Gasteiger partial charge is 0.272 e. The summed E-state index contributed by atoms with van der Waals surface area (Å²) < 4.78 is 1.67. The number of rotatable bonds is 2. The Kier molecular flexibility index (Phi) is 4.28. The molecule has 2 aromatic heterocycles. The molecule has 5 heteroatoms. The van der Waals surface area contributed by atoms with E-state index in [0.29, 0.717) is 11.5 Å². The molecule has 3 rings (SSSR count). The Morgan fingerprint density at radius 3 is 2.48 bits per heavy atom. The maximum Gasteiger partial charge on any atom is 0.272 e. The van der Waals surface area contributed by atoms with E-state index in [0.717, 1.165) is 25.9 Å². The van der Waals surface area contributed by atoms with Crippen LogP contribution in [0.15, 0.2) is 36.7 Å². The normalized spacial score (nSPS) is 16.3. The van der Waals surface area contributed by atoms with E-state index in [-0.39, 0.29) is 5.91 Å². The van der Waals surface area contributed by atoms with Crippen LogP contribution in [0.2, 0.25) is 0 Å². The van der Waals surface area contributed by atoms with Crippen LogP contribution < -0.4 is 0 Å². The van der Waals surface area contributed by atoms with Crippen LogP contribution in [0.1, 0.15) is 42.6 Å². The van der Waals surface area contributed by atoms with Gasteiger partial charge in [-0.1, -0.05) is 25.3 Å². The minimum Gasteiger partial charge on any atom is -0.337 e. The molecule has 0 radical (unpaired) electrons. The first-order valence-corrected chi connectivity index (χ1v) is 7.61. The summed E-state index contributed by atoms with van der Waals surface area (Å²) in [5.74, 6) is 0.712. The average molecular weight is 284 g/mol. The first-order valence-electron chi connectivity index (χ1n) is 7.61. The summed E-state index contributed by atoms with van der Waals surface area (Å²) in [7, 11) is 0. The lowest BCUT2D eigenvalue weighted by atomic mass is 10.1. The first-order chi connectivity index (χ1) is 10.3. The van der Waals surface area contributed by atoms with Gasteiger partial charge in [-0.2, -0.15) is 5.10 Å². The lowest BCUT2D eigenvalue weighted by Gasteiger charge is -2.24. The van der Waals surface area contributed by atoms with Crippen LogP contribution in [0.25, 0.3) is 5.82 Å². The van der Waals surface area contributed by atoms with Gasteiger partial charge in [0.2, 0.25) is 0 Å². The highest BCUT2D eigenvalue weighted by atomic mass is 16.2. The molecule has 1 aliphatic rings. The molecule has 1 fully saturated rings. The third-order valence-corrected chi connectivity index (χ3v) is 3.84. The van der Waals surface area contributed by atoms with E-state index >= 15 is 0 Å². The van der Waals surface area contributed by atoms with Crippen molar-refractivity contribution in [2.24, 2.45) is 0 Å². The molecule has 0 aliphatic carbocycles. The van der Waals surface area contributed by atoms with Gasteiger partial charge in [-0.05, 0) is 31.0 Å². The van der Waals surface area contributed by atoms with Gasteiger partial charge in [0.1, 0.15) is 5.69 Å². The van der Waals surface area contributed by atoms with Gasteiger partial charge in [0.05, 0.1) is 0 Å². The van der Waals surface area contributed by atoms with Crippen LogP contribution in [0.5, 0.6) is 0 Å². The average Bonchev–Trinajstić information content (AvgIpc) is 3.01. The van der Waals surface area contributed by atoms with Crippen molar-refractivity contribution in [3.63, 3.8) is 0 Å². The highest BCUT2D eigenvalue weighted by Gasteiger charge is 2.18. The number of carbonyl (C=O) groups is 1. The van der Waals surface area contributed by atoms with E-state index in [2.05, 4.69) is 10.1 Å². The Bertz CT molecular complexity index is 586. The molecule has 5 nitrogen and oxygen atoms in total. The Morgan fingerprint density at radius 2 is 1.76 bits per heavy atom. The fraction of sp³-hybridized carbons (Fsp3) is 0.438. The number of carbonyl (C=O) groups excluding carboxylic acids is 1. The van der Waals surface area contributed by atoms with Gasteiger partial charge in [-0.15, -0.1) is 0 Å². The molecule has 1 saturated heterocycles. The first kappa shape index (κ1) is 13.8. The fourth-order valence-corrected chi connectivity index (χ4v) is 2.69. The zero-order valence-electron chi connectivity index (χ0n) is 12.1. The molecular formula is C16H20N4O. The third-order valence-electron chi connectivity index (χ3n) is 3.84. The quantitative estimate of drug-likeness (QED) is 0.852. The second-order valence-electron chi connectivity index (χ2n) is 5.39. The topological polar surface area (TPSA) is 51.0 Å². The van der Waals surface area contributed by atoms with E-state index in [9.17, 15) is 4.79 Å². The maximum absolute atomic E-state index is 12.6. The SMILES string of the molecule is O=C(c1cccc(-n2cccn2)n1)N1CCCCCCC1. The molecule has 3 heterocycles. The molecule has 0 N–H and O–H groups in total. The Hall–Kier alpha value is -2.17. The Labute approximate surface area is 124 Å². The van der Waals surface area contributed by atoms with E-state index in [1.54, 1.807) is 16.9 Å². The monoisotopic (exact) mass is 284 g/mol. The molecule has 0 aromatic carbocycles. The van der Waals surface area contributed by atoms with Gasteiger partial charge < -0.3 is 4.90 Å². The van der Waals surface area contributed by atoms with Crippen molar-refractivity contribution < 1.29 is 4.79 Å². The van der Waals surface area contributed by atoms with Crippen LogP contribution in [-0.2, 0) is 0 Å². The number of aromatic nitrogens is 3. The number of hydrogen-bond acceptors (Lipinski definition) is 3. The molecule has 0 unspecified atom stereocenters. The largest absolute Gasteiger partial charge is 0.337 e. The standard InChI is InChI=1S/C16H20N4O/c21-16(19-11-4-2-1-3-5-12-19)14-8-6-9-15(18-14)20-13-7-10-17-20/h6-10,13H,1-5,11-12H2. The maximum atomic E-state index is 12.6. The molecule has 0 bridgehead atoms. The van der Waals surface area contributed by atoms with Crippen LogP contribution in [-0.4, -0.2) is 38.7 Å². The van der Waals surface area contributed by atoms with Crippen LogP contribution in [0, 0.1) is 0 Å². The number of pyridine rings is 1. The third kappa shape index (κ3) is 3.29. The molecule has 1 amide bonds. The van der Waals surface area contributed by atoms with Gasteiger partial charge in [0, 0.05) is 25.5 Å². The summed E-state index contributed by atoms with van der Waals surface area (Å²) in [5, 5.41) is 4.16. The molecule has 21 heavy (non-hydrogen) atoms. The minimum absolute atomic E-state index is 0.0332. The molecule has 0 spiro atoms. The zero-order chi connectivity index (χ0) is 14.5. The predicted molar refractivity (Wildman–Crippen MR) is 80.3 cm³/mol. The molecule has 1 aliphatic heterocycles. The summed E-state index contributed by atoms with van der Waals surface area (Å²) in [5.41, 5.74) is 0.503. The van der Waals surface area contributed by atoms with E-state index < -0.39 is 0 Å². The van der Waals surface area contributed by atoms with Crippen LogP contribution >= 0.6 is 0 Å². The Morgan fingerprint density at radius 1 is 1.00 bits per heavy atom. The lowest BCUT2D eigenvalue weighted by molar-refractivity contribution is 0.0736. The fourth-order valence-electron chi connectivity index (χ4n) is 2.69. The minimum atomic E-state index is 0.0332. The van der Waals surface area contributed by atoms with Gasteiger partial charge in [-0.25, -0.2) is 9.67 Å². The highest BCUT2D eigenvalue weighted by molar-refractivity contribution is 5.92. The van der Waals surface area contributed by atoms with Crippen molar-refractivity contribution in [1.29, 1.82) is 0 Å². The van der Waals surface area contributed by atoms with Gasteiger partial charge in [0.25, 0.3) is 5.91 Å². The number of nitrogens with zero attached hydrogens (tertiary/aromatic N) is 4. The second-order valence-corrected chi connectivity index (χ2v) is 5.39. The summed E-state index contributed by atoms with van der Waals surface area (Å²) in [6, 6.07) is 7.35. The number of likely N-dealkylation sites (tertiary alicyclic amines) is 1. The summed E-state index contributed by atoms with van der Waals surface area (Å²) in [6.07, 6.45) is 9.42. The zero-order valence-corrected chi connectivity index (χ0v) is 12.1. The highest BCUT2D eigenvalue weighted by Crippen LogP contribution is 2.13. The predicted octanol–water partition coefficient (Wildman–Crippen LogP) is 2.67. The van der Waals surface area contributed by atoms with Gasteiger partial charge in [0.15, 0.2) is 5.82 Å². The van der Waals surface area contributed by atoms with Crippen LogP contribution in [0.3, 0.4) is 0 Å². The van der Waals surface area contributed by atoms with Crippen LogP contribution in [0.4, 0.5) is 0 Å². The van der Waals surface area contributed by atoms with Crippen molar-refractivity contribution in [3.8, 4) is 5.82 Å². The second kappa shape index (κ2) is 6.52. The number of amides is 1. The van der Waals surface area contributed by atoms with Crippen molar-refractivity contribution in [2.75, 3.05) is 13.1 Å². The Balaban J connectivity index is 1.79. The van der Waals surface area contributed by atoms with Gasteiger partial charge in [-0.3, -0.25) is 4.79 Å². The summed E-state index contributed by atoms with van der Waals surface area (Å²) in [4.78, 5) is 19.0. The number of hydrogen-bond donors (Lipinski definition) is 0.